The van der Waals surface area contributed by atoms with E-state index < -0.39 is 5.60 Å². The van der Waals surface area contributed by atoms with Gasteiger partial charge in [0.15, 0.2) is 0 Å². The summed E-state index contributed by atoms with van der Waals surface area (Å²) in [6, 6.07) is 6.46. The van der Waals surface area contributed by atoms with Gasteiger partial charge in [-0.2, -0.15) is 0 Å². The fourth-order valence-electron chi connectivity index (χ4n) is 2.10. The smallest absolute Gasteiger partial charge is 0.407 e. The van der Waals surface area contributed by atoms with Gasteiger partial charge in [0, 0.05) is 31.2 Å². The zero-order valence-electron chi connectivity index (χ0n) is 12.1. The molecule has 1 aromatic carbocycles. The number of rotatable bonds is 3. The molecule has 1 aromatic rings. The van der Waals surface area contributed by atoms with Crippen molar-refractivity contribution in [1.82, 2.24) is 5.32 Å². The van der Waals surface area contributed by atoms with Crippen LogP contribution in [0.5, 0.6) is 0 Å². The van der Waals surface area contributed by atoms with E-state index in [0.29, 0.717) is 12.5 Å². The summed E-state index contributed by atoms with van der Waals surface area (Å²) >= 11 is 0. The molecule has 0 unspecified atom stereocenters. The highest BCUT2D eigenvalue weighted by Gasteiger charge is 2.27. The molecular weight excluding hydrogens is 259 g/mol. The highest BCUT2D eigenvalue weighted by Crippen LogP contribution is 2.24. The first-order valence-corrected chi connectivity index (χ1v) is 6.81. The summed E-state index contributed by atoms with van der Waals surface area (Å²) in [4.78, 5) is 13.7. The molecule has 1 heterocycles. The average molecular weight is 280 g/mol. The maximum Gasteiger partial charge on any atom is 0.407 e. The summed E-state index contributed by atoms with van der Waals surface area (Å²) in [6.07, 6.45) is -0.377. The molecule has 1 fully saturated rings. The molecule has 2 rings (SSSR count). The van der Waals surface area contributed by atoms with E-state index in [1.807, 2.05) is 20.8 Å². The monoisotopic (exact) mass is 280 g/mol. The van der Waals surface area contributed by atoms with Crippen LogP contribution in [0.2, 0.25) is 0 Å². The van der Waals surface area contributed by atoms with Crippen LogP contribution in [0.3, 0.4) is 0 Å². The number of halogens is 1. The van der Waals surface area contributed by atoms with Gasteiger partial charge in [0.2, 0.25) is 0 Å². The molecule has 1 aliphatic rings. The number of benzene rings is 1. The van der Waals surface area contributed by atoms with Crippen LogP contribution in [0.15, 0.2) is 24.3 Å². The molecule has 1 amide bonds. The first-order chi connectivity index (χ1) is 9.33. The predicted octanol–water partition coefficient (Wildman–Crippen LogP) is 2.79. The highest BCUT2D eigenvalue weighted by molar-refractivity contribution is 5.67. The maximum absolute atomic E-state index is 12.8. The third-order valence-corrected chi connectivity index (χ3v) is 3.08. The lowest BCUT2D eigenvalue weighted by molar-refractivity contribution is 0.0516. The van der Waals surface area contributed by atoms with Crippen LogP contribution in [0.4, 0.5) is 14.9 Å². The number of anilines is 1. The molecule has 0 radical (unpaired) electrons. The fraction of sp³-hybridized carbons (Fsp3) is 0.533. The van der Waals surface area contributed by atoms with Gasteiger partial charge in [-0.3, -0.25) is 0 Å². The van der Waals surface area contributed by atoms with Crippen molar-refractivity contribution in [3.8, 4) is 0 Å². The minimum Gasteiger partial charge on any atom is -0.444 e. The number of hydrogen-bond acceptors (Lipinski definition) is 3. The molecule has 0 atom stereocenters. The Balaban J connectivity index is 1.69. The second-order valence-corrected chi connectivity index (χ2v) is 6.13. The van der Waals surface area contributed by atoms with Gasteiger partial charge < -0.3 is 15.0 Å². The van der Waals surface area contributed by atoms with Crippen LogP contribution in [0.1, 0.15) is 20.8 Å². The van der Waals surface area contributed by atoms with E-state index >= 15 is 0 Å². The molecule has 0 saturated carbocycles. The van der Waals surface area contributed by atoms with E-state index in [4.69, 9.17) is 4.74 Å². The van der Waals surface area contributed by atoms with Crippen molar-refractivity contribution < 1.29 is 13.9 Å². The van der Waals surface area contributed by atoms with Gasteiger partial charge in [0.25, 0.3) is 0 Å². The Morgan fingerprint density at radius 2 is 1.95 bits per heavy atom. The zero-order valence-corrected chi connectivity index (χ0v) is 12.1. The van der Waals surface area contributed by atoms with Gasteiger partial charge in [0.1, 0.15) is 11.4 Å². The number of carbonyl (C=O) groups is 1. The molecule has 4 nitrogen and oxygen atoms in total. The number of ether oxygens (including phenoxy) is 1. The molecule has 0 aliphatic carbocycles. The Labute approximate surface area is 118 Å². The molecule has 1 N–H and O–H groups in total. The van der Waals surface area contributed by atoms with E-state index in [1.54, 1.807) is 12.1 Å². The summed E-state index contributed by atoms with van der Waals surface area (Å²) in [5.74, 6) is 0.185. The molecule has 110 valence electrons. The number of carbonyl (C=O) groups excluding carboxylic acids is 1. The summed E-state index contributed by atoms with van der Waals surface area (Å²) in [7, 11) is 0. The number of hydrogen-bond donors (Lipinski definition) is 1. The van der Waals surface area contributed by atoms with Gasteiger partial charge in [0.05, 0.1) is 0 Å². The second-order valence-electron chi connectivity index (χ2n) is 6.13. The minimum atomic E-state index is -0.468. The molecule has 1 aliphatic heterocycles. The van der Waals surface area contributed by atoms with Crippen molar-refractivity contribution in [1.29, 1.82) is 0 Å². The average Bonchev–Trinajstić information content (AvgIpc) is 2.27. The van der Waals surface area contributed by atoms with Crippen molar-refractivity contribution in [3.05, 3.63) is 30.1 Å². The third kappa shape index (κ3) is 4.11. The summed E-state index contributed by atoms with van der Waals surface area (Å²) in [5.41, 5.74) is 0.545. The van der Waals surface area contributed by atoms with Gasteiger partial charge in [-0.15, -0.1) is 0 Å². The molecule has 0 spiro atoms. The largest absolute Gasteiger partial charge is 0.444 e. The van der Waals surface area contributed by atoms with Gasteiger partial charge >= 0.3 is 6.09 Å². The van der Waals surface area contributed by atoms with E-state index in [9.17, 15) is 9.18 Å². The van der Waals surface area contributed by atoms with Gasteiger partial charge in [-0.05, 0) is 45.0 Å². The maximum atomic E-state index is 12.8. The predicted molar refractivity (Wildman–Crippen MR) is 76.3 cm³/mol. The number of nitrogens with zero attached hydrogens (tertiary/aromatic N) is 1. The normalized spacial score (nSPS) is 15.7. The van der Waals surface area contributed by atoms with Crippen molar-refractivity contribution in [2.45, 2.75) is 26.4 Å². The SMILES string of the molecule is CC(C)(C)OC(=O)NCC1CN(c2ccc(F)cc2)C1. The number of nitrogens with one attached hydrogen (secondary N) is 1. The lowest BCUT2D eigenvalue weighted by Crippen LogP contribution is -2.51. The highest BCUT2D eigenvalue weighted by atomic mass is 19.1. The number of amides is 1. The van der Waals surface area contributed by atoms with Crippen LogP contribution in [0.25, 0.3) is 0 Å². The molecular formula is C15H21FN2O2. The van der Waals surface area contributed by atoms with E-state index in [0.717, 1.165) is 18.8 Å². The van der Waals surface area contributed by atoms with Crippen LogP contribution in [-0.2, 0) is 4.74 Å². The molecule has 5 heteroatoms. The van der Waals surface area contributed by atoms with Gasteiger partial charge in [-0.25, -0.2) is 9.18 Å². The van der Waals surface area contributed by atoms with Crippen molar-refractivity contribution >= 4 is 11.8 Å². The summed E-state index contributed by atoms with van der Waals surface area (Å²) < 4.78 is 18.0. The molecule has 0 aromatic heterocycles. The molecule has 20 heavy (non-hydrogen) atoms. The van der Waals surface area contributed by atoms with E-state index in [-0.39, 0.29) is 11.9 Å². The first-order valence-electron chi connectivity index (χ1n) is 6.81. The van der Waals surface area contributed by atoms with Crippen LogP contribution in [-0.4, -0.2) is 31.3 Å². The van der Waals surface area contributed by atoms with E-state index in [2.05, 4.69) is 10.2 Å². The quantitative estimate of drug-likeness (QED) is 0.925. The minimum absolute atomic E-state index is 0.225. The van der Waals surface area contributed by atoms with Gasteiger partial charge in [-0.1, -0.05) is 0 Å². The second kappa shape index (κ2) is 5.69. The van der Waals surface area contributed by atoms with Crippen LogP contribution >= 0.6 is 0 Å². The Bertz CT molecular complexity index is 462. The standard InChI is InChI=1S/C15H21FN2O2/c1-15(2,3)20-14(19)17-8-11-9-18(10-11)13-6-4-12(16)5-7-13/h4-7,11H,8-10H2,1-3H3,(H,17,19). The topological polar surface area (TPSA) is 41.6 Å². The third-order valence-electron chi connectivity index (χ3n) is 3.08. The Kier molecular flexibility index (Phi) is 4.16. The zero-order chi connectivity index (χ0) is 14.8. The molecule has 1 saturated heterocycles. The van der Waals surface area contributed by atoms with Crippen LogP contribution < -0.4 is 10.2 Å². The Morgan fingerprint density at radius 1 is 1.35 bits per heavy atom. The Morgan fingerprint density at radius 3 is 2.50 bits per heavy atom. The fourth-order valence-corrected chi connectivity index (χ4v) is 2.10. The summed E-state index contributed by atoms with van der Waals surface area (Å²) in [5, 5.41) is 2.77. The van der Waals surface area contributed by atoms with E-state index in [1.165, 1.54) is 12.1 Å². The van der Waals surface area contributed by atoms with Crippen molar-refractivity contribution in [2.75, 3.05) is 24.5 Å². The molecule has 0 bridgehead atoms. The summed E-state index contributed by atoms with van der Waals surface area (Å²) in [6.45, 7) is 7.85. The lowest BCUT2D eigenvalue weighted by Gasteiger charge is -2.41. The van der Waals surface area contributed by atoms with Crippen molar-refractivity contribution in [3.63, 3.8) is 0 Å². The number of alkyl carbamates (subject to hydrolysis) is 1. The Hall–Kier alpha value is -1.78. The lowest BCUT2D eigenvalue weighted by atomic mass is 9.99. The van der Waals surface area contributed by atoms with Crippen LogP contribution in [0, 0.1) is 11.7 Å². The van der Waals surface area contributed by atoms with Crippen molar-refractivity contribution in [2.24, 2.45) is 5.92 Å². The first kappa shape index (κ1) is 14.6.